The topological polar surface area (TPSA) is 15.3 Å². The summed E-state index contributed by atoms with van der Waals surface area (Å²) in [5, 5.41) is 3.51. The molecule has 1 aliphatic rings. The normalized spacial score (nSPS) is 33.8. The smallest absolute Gasteiger partial charge is 0.0565 e. The molecule has 0 aliphatic carbocycles. The molecule has 1 fully saturated rings. The summed E-state index contributed by atoms with van der Waals surface area (Å²) in [5.74, 6) is 0.777. The lowest BCUT2D eigenvalue weighted by atomic mass is 9.79. The molecule has 72 valence electrons. The molecule has 1 aliphatic heterocycles. The second kappa shape index (κ2) is 3.35. The van der Waals surface area contributed by atoms with Crippen LogP contribution in [0.25, 0.3) is 0 Å². The second-order valence-electron chi connectivity index (χ2n) is 5.09. The maximum atomic E-state index is 3.51. The van der Waals surface area contributed by atoms with Gasteiger partial charge in [-0.2, -0.15) is 0 Å². The second-order valence-corrected chi connectivity index (χ2v) is 5.09. The van der Waals surface area contributed by atoms with Gasteiger partial charge in [0.25, 0.3) is 0 Å². The average molecular weight is 170 g/mol. The monoisotopic (exact) mass is 170 g/mol. The van der Waals surface area contributed by atoms with E-state index in [0.717, 1.165) is 12.5 Å². The van der Waals surface area contributed by atoms with Crippen molar-refractivity contribution in [3.05, 3.63) is 0 Å². The van der Waals surface area contributed by atoms with Crippen LogP contribution < -0.4 is 5.32 Å². The van der Waals surface area contributed by atoms with Gasteiger partial charge in [0.05, 0.1) is 6.17 Å². The van der Waals surface area contributed by atoms with Crippen LogP contribution in [0, 0.1) is 11.3 Å². The molecule has 0 amide bonds. The van der Waals surface area contributed by atoms with Crippen LogP contribution in [0.4, 0.5) is 0 Å². The van der Waals surface area contributed by atoms with E-state index in [1.165, 1.54) is 6.54 Å². The van der Waals surface area contributed by atoms with Gasteiger partial charge in [0.1, 0.15) is 0 Å². The van der Waals surface area contributed by atoms with Gasteiger partial charge in [-0.05, 0) is 25.3 Å². The Bertz CT molecular complexity index is 148. The lowest BCUT2D eigenvalue weighted by Gasteiger charge is -2.42. The van der Waals surface area contributed by atoms with Crippen molar-refractivity contribution < 1.29 is 0 Å². The molecule has 1 heterocycles. The molecular formula is C10H22N2. The van der Waals surface area contributed by atoms with Crippen LogP contribution in [0.1, 0.15) is 27.7 Å². The Balaban J connectivity index is 2.51. The van der Waals surface area contributed by atoms with Crippen molar-refractivity contribution in [2.45, 2.75) is 33.9 Å². The molecule has 2 unspecified atom stereocenters. The van der Waals surface area contributed by atoms with E-state index in [2.05, 4.69) is 45.0 Å². The van der Waals surface area contributed by atoms with E-state index in [4.69, 9.17) is 0 Å². The highest BCUT2D eigenvalue weighted by Crippen LogP contribution is 2.28. The highest BCUT2D eigenvalue weighted by molar-refractivity contribution is 4.83. The maximum Gasteiger partial charge on any atom is 0.0565 e. The zero-order chi connectivity index (χ0) is 9.35. The van der Waals surface area contributed by atoms with Gasteiger partial charge < -0.3 is 5.32 Å². The predicted molar refractivity (Wildman–Crippen MR) is 53.0 cm³/mol. The molecule has 0 saturated carbocycles. The van der Waals surface area contributed by atoms with Gasteiger partial charge in [0.2, 0.25) is 0 Å². The molecule has 1 rings (SSSR count). The van der Waals surface area contributed by atoms with E-state index in [0.29, 0.717) is 11.6 Å². The maximum absolute atomic E-state index is 3.51. The fraction of sp³-hybridized carbons (Fsp3) is 1.00. The van der Waals surface area contributed by atoms with Gasteiger partial charge in [-0.25, -0.2) is 0 Å². The Morgan fingerprint density at radius 1 is 1.33 bits per heavy atom. The molecule has 1 N–H and O–H groups in total. The first-order valence-corrected chi connectivity index (χ1v) is 4.85. The summed E-state index contributed by atoms with van der Waals surface area (Å²) in [5.41, 5.74) is 0.432. The van der Waals surface area contributed by atoms with Gasteiger partial charge in [-0.15, -0.1) is 0 Å². The molecule has 2 nitrogen and oxygen atoms in total. The SMILES string of the molecule is CC1NCC(C(C)(C)C)CN1C. The molecule has 0 spiro atoms. The van der Waals surface area contributed by atoms with Crippen molar-refractivity contribution in [1.82, 2.24) is 10.2 Å². The first-order valence-electron chi connectivity index (χ1n) is 4.85. The van der Waals surface area contributed by atoms with Crippen LogP contribution in [0.2, 0.25) is 0 Å². The van der Waals surface area contributed by atoms with Crippen molar-refractivity contribution in [3.63, 3.8) is 0 Å². The first kappa shape index (κ1) is 10.0. The van der Waals surface area contributed by atoms with Crippen LogP contribution in [0.3, 0.4) is 0 Å². The molecule has 1 saturated heterocycles. The lowest BCUT2D eigenvalue weighted by molar-refractivity contribution is 0.0767. The van der Waals surface area contributed by atoms with Crippen molar-refractivity contribution in [2.75, 3.05) is 20.1 Å². The Labute approximate surface area is 76.3 Å². The first-order chi connectivity index (χ1) is 5.41. The summed E-state index contributed by atoms with van der Waals surface area (Å²) in [4.78, 5) is 2.39. The third kappa shape index (κ3) is 2.20. The van der Waals surface area contributed by atoms with Crippen molar-refractivity contribution >= 4 is 0 Å². The molecule has 0 bridgehead atoms. The lowest BCUT2D eigenvalue weighted by Crippen LogP contribution is -2.54. The van der Waals surface area contributed by atoms with Gasteiger partial charge in [0.15, 0.2) is 0 Å². The summed E-state index contributed by atoms with van der Waals surface area (Å²) < 4.78 is 0. The standard InChI is InChI=1S/C10H22N2/c1-8-11-6-9(7-12(8)5)10(2,3)4/h8-9,11H,6-7H2,1-5H3. The van der Waals surface area contributed by atoms with Crippen molar-refractivity contribution in [2.24, 2.45) is 11.3 Å². The molecule has 12 heavy (non-hydrogen) atoms. The molecule has 0 aromatic rings. The van der Waals surface area contributed by atoms with Crippen LogP contribution >= 0.6 is 0 Å². The van der Waals surface area contributed by atoms with Gasteiger partial charge in [-0.1, -0.05) is 20.8 Å². The Morgan fingerprint density at radius 3 is 2.33 bits per heavy atom. The number of hydrogen-bond donors (Lipinski definition) is 1. The molecule has 2 atom stereocenters. The van der Waals surface area contributed by atoms with E-state index in [1.54, 1.807) is 0 Å². The fourth-order valence-electron chi connectivity index (χ4n) is 1.62. The molecule has 2 heteroatoms. The van der Waals surface area contributed by atoms with Gasteiger partial charge >= 0.3 is 0 Å². The Morgan fingerprint density at radius 2 is 1.92 bits per heavy atom. The van der Waals surface area contributed by atoms with Crippen molar-refractivity contribution in [1.29, 1.82) is 0 Å². The number of nitrogens with zero attached hydrogens (tertiary/aromatic N) is 1. The Kier molecular flexibility index (Phi) is 2.79. The van der Waals surface area contributed by atoms with E-state index in [9.17, 15) is 0 Å². The zero-order valence-electron chi connectivity index (χ0n) is 9.02. The minimum atomic E-state index is 0.432. The minimum absolute atomic E-state index is 0.432. The number of rotatable bonds is 0. The van der Waals surface area contributed by atoms with Crippen LogP contribution in [-0.4, -0.2) is 31.2 Å². The molecule has 0 aromatic heterocycles. The fourth-order valence-corrected chi connectivity index (χ4v) is 1.62. The quantitative estimate of drug-likeness (QED) is 0.593. The van der Waals surface area contributed by atoms with Crippen LogP contribution in [-0.2, 0) is 0 Å². The summed E-state index contributed by atoms with van der Waals surface area (Å²) in [6.07, 6.45) is 0.545. The van der Waals surface area contributed by atoms with Crippen LogP contribution in [0.5, 0.6) is 0 Å². The largest absolute Gasteiger partial charge is 0.302 e. The minimum Gasteiger partial charge on any atom is -0.302 e. The number of hydrogen-bond acceptors (Lipinski definition) is 2. The molecular weight excluding hydrogens is 148 g/mol. The zero-order valence-corrected chi connectivity index (χ0v) is 9.02. The van der Waals surface area contributed by atoms with Gasteiger partial charge in [0, 0.05) is 13.1 Å². The number of nitrogens with one attached hydrogen (secondary N) is 1. The summed E-state index contributed by atoms with van der Waals surface area (Å²) in [7, 11) is 2.19. The third-order valence-electron chi connectivity index (χ3n) is 3.05. The highest BCUT2D eigenvalue weighted by Gasteiger charge is 2.30. The van der Waals surface area contributed by atoms with E-state index >= 15 is 0 Å². The highest BCUT2D eigenvalue weighted by atomic mass is 15.3. The molecule has 0 aromatic carbocycles. The van der Waals surface area contributed by atoms with E-state index in [-0.39, 0.29) is 0 Å². The average Bonchev–Trinajstić information content (AvgIpc) is 1.92. The third-order valence-corrected chi connectivity index (χ3v) is 3.05. The summed E-state index contributed by atoms with van der Waals surface area (Å²) >= 11 is 0. The van der Waals surface area contributed by atoms with Crippen LogP contribution in [0.15, 0.2) is 0 Å². The van der Waals surface area contributed by atoms with E-state index in [1.807, 2.05) is 0 Å². The Hall–Kier alpha value is -0.0800. The summed E-state index contributed by atoms with van der Waals surface area (Å²) in [6, 6.07) is 0. The van der Waals surface area contributed by atoms with Crippen molar-refractivity contribution in [3.8, 4) is 0 Å². The predicted octanol–water partition coefficient (Wildman–Crippen LogP) is 1.53. The molecule has 0 radical (unpaired) electrons. The van der Waals surface area contributed by atoms with E-state index < -0.39 is 0 Å². The summed E-state index contributed by atoms with van der Waals surface area (Å²) in [6.45, 7) is 11.6. The van der Waals surface area contributed by atoms with Gasteiger partial charge in [-0.3, -0.25) is 4.90 Å².